The SMILES string of the molecule is C1=CC(c2ccc(N(c3ccc(-c4ccccc4)cc3)c3ccc(-n4c5ccccc5c5ccccc54)cc3)c(-c3cccc4ccccc34)c2)=CCC1. The summed E-state index contributed by atoms with van der Waals surface area (Å²) in [6.45, 7) is 0. The molecule has 0 amide bonds. The van der Waals surface area contributed by atoms with Gasteiger partial charge in [0.1, 0.15) is 0 Å². The van der Waals surface area contributed by atoms with Crippen LogP contribution in [-0.2, 0) is 0 Å². The van der Waals surface area contributed by atoms with Crippen molar-refractivity contribution < 1.29 is 0 Å². The van der Waals surface area contributed by atoms with Gasteiger partial charge in [0.2, 0.25) is 0 Å². The number of hydrogen-bond donors (Lipinski definition) is 0. The lowest BCUT2D eigenvalue weighted by atomic mass is 9.91. The first kappa shape index (κ1) is 31.8. The highest BCUT2D eigenvalue weighted by Crippen LogP contribution is 2.45. The zero-order valence-electron chi connectivity index (χ0n) is 29.9. The normalized spacial score (nSPS) is 12.7. The van der Waals surface area contributed by atoms with E-state index in [-0.39, 0.29) is 0 Å². The highest BCUT2D eigenvalue weighted by molar-refractivity contribution is 6.09. The fraction of sp³-hybridized carbons (Fsp3) is 0.0385. The molecule has 0 unspecified atom stereocenters. The molecule has 0 N–H and O–H groups in total. The molecule has 1 aliphatic rings. The van der Waals surface area contributed by atoms with E-state index in [0.29, 0.717) is 0 Å². The summed E-state index contributed by atoms with van der Waals surface area (Å²) in [6, 6.07) is 68.5. The van der Waals surface area contributed by atoms with E-state index in [1.54, 1.807) is 0 Å². The lowest BCUT2D eigenvalue weighted by Gasteiger charge is -2.29. The van der Waals surface area contributed by atoms with Crippen molar-refractivity contribution in [1.82, 2.24) is 4.57 Å². The van der Waals surface area contributed by atoms with E-state index in [0.717, 1.165) is 35.6 Å². The molecule has 9 aromatic rings. The molecule has 0 aliphatic heterocycles. The summed E-state index contributed by atoms with van der Waals surface area (Å²) in [5.74, 6) is 0. The van der Waals surface area contributed by atoms with Crippen molar-refractivity contribution in [3.8, 4) is 27.9 Å². The Morgan fingerprint density at radius 3 is 1.72 bits per heavy atom. The number of para-hydroxylation sites is 2. The van der Waals surface area contributed by atoms with E-state index < -0.39 is 0 Å². The molecule has 10 rings (SSSR count). The number of fused-ring (bicyclic) bond motifs is 4. The molecule has 54 heavy (non-hydrogen) atoms. The maximum atomic E-state index is 2.43. The van der Waals surface area contributed by atoms with Crippen molar-refractivity contribution in [2.45, 2.75) is 12.8 Å². The Morgan fingerprint density at radius 1 is 0.426 bits per heavy atom. The van der Waals surface area contributed by atoms with Gasteiger partial charge in [-0.3, -0.25) is 0 Å². The van der Waals surface area contributed by atoms with Gasteiger partial charge < -0.3 is 9.47 Å². The average Bonchev–Trinajstić information content (AvgIpc) is 3.59. The minimum Gasteiger partial charge on any atom is -0.310 e. The standard InChI is InChI=1S/C52H38N2/c1-3-14-37(15-4-1)39-26-29-42(30-27-39)53(43-31-33-44(34-32-43)54-50-24-11-9-21-47(50)48-22-10-12-25-51(48)54)52-35-28-41(38-16-5-2-6-17-38)36-49(52)46-23-13-19-40-18-7-8-20-45(40)46/h1,3-5,7-36H,2,6H2. The molecular weight excluding hydrogens is 653 g/mol. The Balaban J connectivity index is 1.18. The Bertz CT molecular complexity index is 2800. The van der Waals surface area contributed by atoms with Crippen LogP contribution in [0.1, 0.15) is 18.4 Å². The maximum absolute atomic E-state index is 2.43. The van der Waals surface area contributed by atoms with E-state index in [4.69, 9.17) is 0 Å². The van der Waals surface area contributed by atoms with Gasteiger partial charge in [0.15, 0.2) is 0 Å². The van der Waals surface area contributed by atoms with Gasteiger partial charge in [-0.1, -0.05) is 146 Å². The third-order valence-electron chi connectivity index (χ3n) is 10.8. The minimum atomic E-state index is 1.06. The van der Waals surface area contributed by atoms with Crippen LogP contribution in [0.25, 0.3) is 66.1 Å². The van der Waals surface area contributed by atoms with Crippen molar-refractivity contribution in [2.24, 2.45) is 0 Å². The molecule has 0 bridgehead atoms. The second kappa shape index (κ2) is 13.6. The number of nitrogens with zero attached hydrogens (tertiary/aromatic N) is 2. The second-order valence-electron chi connectivity index (χ2n) is 14.0. The Morgan fingerprint density at radius 2 is 1.02 bits per heavy atom. The predicted molar refractivity (Wildman–Crippen MR) is 230 cm³/mol. The van der Waals surface area contributed by atoms with Crippen LogP contribution in [0.15, 0.2) is 206 Å². The number of hydrogen-bond acceptors (Lipinski definition) is 1. The van der Waals surface area contributed by atoms with E-state index in [1.165, 1.54) is 66.0 Å². The molecule has 0 saturated heterocycles. The van der Waals surface area contributed by atoms with Gasteiger partial charge in [0.25, 0.3) is 0 Å². The van der Waals surface area contributed by atoms with Crippen molar-refractivity contribution in [3.63, 3.8) is 0 Å². The third-order valence-corrected chi connectivity index (χ3v) is 10.8. The first-order chi connectivity index (χ1) is 26.8. The van der Waals surface area contributed by atoms with Crippen molar-refractivity contribution in [3.05, 3.63) is 212 Å². The number of anilines is 3. The van der Waals surface area contributed by atoms with E-state index in [1.807, 2.05) is 0 Å². The molecule has 0 radical (unpaired) electrons. The molecule has 256 valence electrons. The van der Waals surface area contributed by atoms with Crippen molar-refractivity contribution in [1.29, 1.82) is 0 Å². The molecule has 1 aliphatic carbocycles. The van der Waals surface area contributed by atoms with Crippen LogP contribution in [0.3, 0.4) is 0 Å². The first-order valence-electron chi connectivity index (χ1n) is 18.8. The smallest absolute Gasteiger partial charge is 0.0541 e. The quantitative estimate of drug-likeness (QED) is 0.162. The summed E-state index contributed by atoms with van der Waals surface area (Å²) in [6.07, 6.45) is 9.10. The Labute approximate surface area is 316 Å². The van der Waals surface area contributed by atoms with Crippen LogP contribution in [-0.4, -0.2) is 4.57 Å². The van der Waals surface area contributed by atoms with Crippen LogP contribution < -0.4 is 4.90 Å². The highest BCUT2D eigenvalue weighted by atomic mass is 15.1. The molecule has 2 nitrogen and oxygen atoms in total. The number of rotatable bonds is 7. The summed E-state index contributed by atoms with van der Waals surface area (Å²) in [5, 5.41) is 5.00. The van der Waals surface area contributed by atoms with E-state index in [2.05, 4.69) is 216 Å². The average molecular weight is 691 g/mol. The number of allylic oxidation sites excluding steroid dienone is 4. The van der Waals surface area contributed by atoms with Gasteiger partial charge in [0.05, 0.1) is 16.7 Å². The lowest BCUT2D eigenvalue weighted by Crippen LogP contribution is -2.12. The zero-order valence-corrected chi connectivity index (χ0v) is 29.9. The predicted octanol–water partition coefficient (Wildman–Crippen LogP) is 14.5. The number of aromatic nitrogens is 1. The van der Waals surface area contributed by atoms with E-state index in [9.17, 15) is 0 Å². The Kier molecular flexibility index (Phi) is 8.00. The summed E-state index contributed by atoms with van der Waals surface area (Å²) in [7, 11) is 0. The van der Waals surface area contributed by atoms with Gasteiger partial charge in [-0.25, -0.2) is 0 Å². The van der Waals surface area contributed by atoms with Crippen LogP contribution in [0.4, 0.5) is 17.1 Å². The molecule has 0 spiro atoms. The van der Waals surface area contributed by atoms with Gasteiger partial charge in [-0.15, -0.1) is 0 Å². The lowest BCUT2D eigenvalue weighted by molar-refractivity contribution is 1.04. The number of benzene rings is 8. The minimum absolute atomic E-state index is 1.06. The molecular formula is C52H38N2. The molecule has 2 heteroatoms. The second-order valence-corrected chi connectivity index (χ2v) is 14.0. The van der Waals surface area contributed by atoms with Crippen LogP contribution in [0, 0.1) is 0 Å². The maximum Gasteiger partial charge on any atom is 0.0541 e. The topological polar surface area (TPSA) is 8.17 Å². The molecule has 0 fully saturated rings. The zero-order chi connectivity index (χ0) is 35.8. The molecule has 1 aromatic heterocycles. The fourth-order valence-electron chi connectivity index (χ4n) is 8.23. The highest BCUT2D eigenvalue weighted by Gasteiger charge is 2.21. The molecule has 0 saturated carbocycles. The van der Waals surface area contributed by atoms with E-state index >= 15 is 0 Å². The first-order valence-corrected chi connectivity index (χ1v) is 18.8. The van der Waals surface area contributed by atoms with Crippen molar-refractivity contribution >= 4 is 55.2 Å². The summed E-state index contributed by atoms with van der Waals surface area (Å²) in [5.41, 5.74) is 14.2. The molecule has 1 heterocycles. The van der Waals surface area contributed by atoms with Gasteiger partial charge >= 0.3 is 0 Å². The third kappa shape index (κ3) is 5.60. The largest absolute Gasteiger partial charge is 0.310 e. The monoisotopic (exact) mass is 690 g/mol. The summed E-state index contributed by atoms with van der Waals surface area (Å²) < 4.78 is 2.38. The van der Waals surface area contributed by atoms with Crippen LogP contribution >= 0.6 is 0 Å². The van der Waals surface area contributed by atoms with Gasteiger partial charge in [0, 0.05) is 33.4 Å². The van der Waals surface area contributed by atoms with Gasteiger partial charge in [-0.05, 0) is 112 Å². The van der Waals surface area contributed by atoms with Crippen LogP contribution in [0.5, 0.6) is 0 Å². The van der Waals surface area contributed by atoms with Crippen molar-refractivity contribution in [2.75, 3.05) is 4.90 Å². The Hall–Kier alpha value is -6.90. The summed E-state index contributed by atoms with van der Waals surface area (Å²) >= 11 is 0. The molecule has 0 atom stereocenters. The fourth-order valence-corrected chi connectivity index (χ4v) is 8.23. The summed E-state index contributed by atoms with van der Waals surface area (Å²) in [4.78, 5) is 2.43. The molecule has 8 aromatic carbocycles. The van der Waals surface area contributed by atoms with Crippen LogP contribution in [0.2, 0.25) is 0 Å². The van der Waals surface area contributed by atoms with Gasteiger partial charge in [-0.2, -0.15) is 0 Å².